The summed E-state index contributed by atoms with van der Waals surface area (Å²) in [5, 5.41) is 2.77. The average molecular weight is 470 g/mol. The van der Waals surface area contributed by atoms with Crippen molar-refractivity contribution in [2.75, 3.05) is 6.61 Å². The molecule has 4 rings (SSSR count). The number of benzene rings is 3. The molecule has 1 aliphatic rings. The fourth-order valence-electron chi connectivity index (χ4n) is 4.78. The van der Waals surface area contributed by atoms with Gasteiger partial charge in [0, 0.05) is 28.9 Å². The number of hydrogen-bond donors (Lipinski definition) is 1. The van der Waals surface area contributed by atoms with Crippen LogP contribution in [0.4, 0.5) is 0 Å². The van der Waals surface area contributed by atoms with Gasteiger partial charge in [0.2, 0.25) is 0 Å². The summed E-state index contributed by atoms with van der Waals surface area (Å²) in [6, 6.07) is 26.2. The summed E-state index contributed by atoms with van der Waals surface area (Å²) in [4.78, 5) is 38.9. The molecule has 1 saturated carbocycles. The van der Waals surface area contributed by atoms with Gasteiger partial charge >= 0.3 is 5.97 Å². The molecule has 1 aliphatic carbocycles. The molecule has 3 aromatic carbocycles. The summed E-state index contributed by atoms with van der Waals surface area (Å²) < 4.78 is 5.10. The Labute approximate surface area is 206 Å². The SMILES string of the molecule is CCOC(=O)[C@@H](NC(=O)c1cccc(C(=O)C2[C@@H](c3ccccc3)[C@@H]2c2ccccc2)c1)C(C)C. The maximum atomic E-state index is 13.7. The van der Waals surface area contributed by atoms with Crippen LogP contribution in [0.1, 0.15) is 64.4 Å². The van der Waals surface area contributed by atoms with Crippen molar-refractivity contribution < 1.29 is 19.1 Å². The molecule has 5 heteroatoms. The molecule has 0 radical (unpaired) electrons. The first-order valence-corrected chi connectivity index (χ1v) is 12.1. The summed E-state index contributed by atoms with van der Waals surface area (Å²) >= 11 is 0. The zero-order valence-corrected chi connectivity index (χ0v) is 20.3. The molecular formula is C30H31NO4. The molecule has 3 aromatic rings. The van der Waals surface area contributed by atoms with Gasteiger partial charge in [-0.05, 0) is 36.1 Å². The first kappa shape index (κ1) is 24.4. The van der Waals surface area contributed by atoms with E-state index >= 15 is 0 Å². The molecular weight excluding hydrogens is 438 g/mol. The van der Waals surface area contributed by atoms with Crippen LogP contribution in [0.15, 0.2) is 84.9 Å². The maximum absolute atomic E-state index is 13.7. The highest BCUT2D eigenvalue weighted by Gasteiger charge is 2.55. The Morgan fingerprint density at radius 3 is 1.86 bits per heavy atom. The summed E-state index contributed by atoms with van der Waals surface area (Å²) in [7, 11) is 0. The molecule has 0 aromatic heterocycles. The summed E-state index contributed by atoms with van der Waals surface area (Å²) in [5.74, 6) is -0.976. The van der Waals surface area contributed by atoms with Gasteiger partial charge in [0.1, 0.15) is 6.04 Å². The Bertz CT molecular complexity index is 1140. The summed E-state index contributed by atoms with van der Waals surface area (Å²) in [6.07, 6.45) is 0. The van der Waals surface area contributed by atoms with E-state index in [4.69, 9.17) is 4.74 Å². The number of carbonyl (C=O) groups is 3. The first-order valence-electron chi connectivity index (χ1n) is 12.1. The van der Waals surface area contributed by atoms with Crippen LogP contribution in [-0.2, 0) is 9.53 Å². The number of rotatable bonds is 9. The quantitative estimate of drug-likeness (QED) is 0.337. The van der Waals surface area contributed by atoms with Gasteiger partial charge in [-0.15, -0.1) is 0 Å². The molecule has 0 saturated heterocycles. The maximum Gasteiger partial charge on any atom is 0.328 e. The predicted molar refractivity (Wildman–Crippen MR) is 135 cm³/mol. The number of esters is 1. The largest absolute Gasteiger partial charge is 0.464 e. The minimum absolute atomic E-state index is 0.0214. The predicted octanol–water partition coefficient (Wildman–Crippen LogP) is 5.38. The summed E-state index contributed by atoms with van der Waals surface area (Å²) in [6.45, 7) is 5.68. The molecule has 35 heavy (non-hydrogen) atoms. The van der Waals surface area contributed by atoms with E-state index in [1.807, 2.05) is 50.2 Å². The third-order valence-electron chi connectivity index (χ3n) is 6.59. The van der Waals surface area contributed by atoms with Crippen molar-refractivity contribution in [2.45, 2.75) is 38.6 Å². The van der Waals surface area contributed by atoms with E-state index in [0.717, 1.165) is 11.1 Å². The molecule has 1 N–H and O–H groups in total. The second kappa shape index (κ2) is 10.7. The van der Waals surface area contributed by atoms with E-state index in [9.17, 15) is 14.4 Å². The lowest BCUT2D eigenvalue weighted by molar-refractivity contribution is -0.146. The van der Waals surface area contributed by atoms with Crippen LogP contribution in [0, 0.1) is 11.8 Å². The Morgan fingerprint density at radius 1 is 0.800 bits per heavy atom. The minimum atomic E-state index is -0.754. The van der Waals surface area contributed by atoms with Gasteiger partial charge in [-0.2, -0.15) is 0 Å². The molecule has 0 unspecified atom stereocenters. The number of carbonyl (C=O) groups excluding carboxylic acids is 3. The van der Waals surface area contributed by atoms with Crippen LogP contribution < -0.4 is 5.32 Å². The van der Waals surface area contributed by atoms with E-state index in [1.165, 1.54) is 0 Å². The van der Waals surface area contributed by atoms with Crippen molar-refractivity contribution in [2.24, 2.45) is 11.8 Å². The van der Waals surface area contributed by atoms with E-state index in [-0.39, 0.29) is 36.1 Å². The monoisotopic (exact) mass is 469 g/mol. The molecule has 1 fully saturated rings. The fourth-order valence-corrected chi connectivity index (χ4v) is 4.78. The van der Waals surface area contributed by atoms with Gasteiger partial charge in [0.05, 0.1) is 6.61 Å². The highest BCUT2D eigenvalue weighted by molar-refractivity contribution is 6.04. The molecule has 0 bridgehead atoms. The average Bonchev–Trinajstić information content (AvgIpc) is 3.63. The molecule has 1 amide bonds. The van der Waals surface area contributed by atoms with Gasteiger partial charge in [-0.25, -0.2) is 4.79 Å². The van der Waals surface area contributed by atoms with Crippen LogP contribution in [-0.4, -0.2) is 30.3 Å². The van der Waals surface area contributed by atoms with Gasteiger partial charge in [0.15, 0.2) is 5.78 Å². The molecule has 0 aliphatic heterocycles. The first-order chi connectivity index (χ1) is 16.9. The molecule has 0 spiro atoms. The van der Waals surface area contributed by atoms with Gasteiger partial charge < -0.3 is 10.1 Å². The Balaban J connectivity index is 1.57. The number of nitrogens with one attached hydrogen (secondary N) is 1. The van der Waals surface area contributed by atoms with Crippen LogP contribution >= 0.6 is 0 Å². The third-order valence-corrected chi connectivity index (χ3v) is 6.59. The van der Waals surface area contributed by atoms with Crippen LogP contribution in [0.25, 0.3) is 0 Å². The van der Waals surface area contributed by atoms with Crippen molar-refractivity contribution in [3.8, 4) is 0 Å². The Hall–Kier alpha value is -3.73. The second-order valence-corrected chi connectivity index (χ2v) is 9.29. The van der Waals surface area contributed by atoms with Gasteiger partial charge in [-0.1, -0.05) is 86.6 Å². The normalized spacial score (nSPS) is 19.6. The lowest BCUT2D eigenvalue weighted by atomic mass is 9.99. The number of ether oxygens (including phenoxy) is 1. The molecule has 0 heterocycles. The molecule has 5 nitrogen and oxygen atoms in total. The Kier molecular flexibility index (Phi) is 7.45. The smallest absolute Gasteiger partial charge is 0.328 e. The molecule has 3 atom stereocenters. The number of ketones is 1. The van der Waals surface area contributed by atoms with E-state index in [1.54, 1.807) is 31.2 Å². The topological polar surface area (TPSA) is 72.5 Å². The van der Waals surface area contributed by atoms with Crippen LogP contribution in [0.5, 0.6) is 0 Å². The molecule has 180 valence electrons. The van der Waals surface area contributed by atoms with E-state index in [0.29, 0.717) is 11.1 Å². The van der Waals surface area contributed by atoms with Crippen LogP contribution in [0.2, 0.25) is 0 Å². The fraction of sp³-hybridized carbons (Fsp3) is 0.300. The van der Waals surface area contributed by atoms with Gasteiger partial charge in [0.25, 0.3) is 5.91 Å². The lowest BCUT2D eigenvalue weighted by Crippen LogP contribution is -2.45. The minimum Gasteiger partial charge on any atom is -0.464 e. The van der Waals surface area contributed by atoms with E-state index in [2.05, 4.69) is 29.6 Å². The van der Waals surface area contributed by atoms with Gasteiger partial charge in [-0.3, -0.25) is 9.59 Å². The van der Waals surface area contributed by atoms with Crippen molar-refractivity contribution in [1.82, 2.24) is 5.32 Å². The van der Waals surface area contributed by atoms with Crippen molar-refractivity contribution in [3.05, 3.63) is 107 Å². The second-order valence-electron chi connectivity index (χ2n) is 9.29. The van der Waals surface area contributed by atoms with Crippen molar-refractivity contribution in [1.29, 1.82) is 0 Å². The highest BCUT2D eigenvalue weighted by atomic mass is 16.5. The third kappa shape index (κ3) is 5.35. The van der Waals surface area contributed by atoms with E-state index < -0.39 is 17.9 Å². The number of hydrogen-bond acceptors (Lipinski definition) is 4. The highest BCUT2D eigenvalue weighted by Crippen LogP contribution is 2.61. The zero-order valence-electron chi connectivity index (χ0n) is 20.3. The summed E-state index contributed by atoms with van der Waals surface area (Å²) in [5.41, 5.74) is 3.13. The van der Waals surface area contributed by atoms with Crippen molar-refractivity contribution >= 4 is 17.7 Å². The lowest BCUT2D eigenvalue weighted by Gasteiger charge is -2.20. The number of amides is 1. The Morgan fingerprint density at radius 2 is 1.34 bits per heavy atom. The van der Waals surface area contributed by atoms with Crippen LogP contribution in [0.3, 0.4) is 0 Å². The number of Topliss-reactive ketones (excluding diaryl/α,β-unsaturated/α-hetero) is 1. The van der Waals surface area contributed by atoms with Crippen molar-refractivity contribution in [3.63, 3.8) is 0 Å². The standard InChI is InChI=1S/C30H31NO4/c1-4-35-30(34)27(19(2)3)31-29(33)23-17-11-16-22(18-23)28(32)26-24(20-12-7-5-8-13-20)25(26)21-14-9-6-10-15-21/h5-19,24-27H,4H2,1-3H3,(H,31,33)/t24-,25-,27-/m0/s1. The zero-order chi connectivity index (χ0) is 24.9.